The molecule has 0 aromatic heterocycles. The molecule has 65 heavy (non-hydrogen) atoms. The Morgan fingerprint density at radius 1 is 0.523 bits per heavy atom. The van der Waals surface area contributed by atoms with Crippen molar-refractivity contribution in [3.8, 4) is 0 Å². The molecule has 0 saturated heterocycles. The SMILES string of the molecule is CC(C)C[C@H](NC(=O)[C@H](CCC(=O)O)NC(=O)[C@H](C)NC(=O)CNC(=O)[C@H](CCC(N)=O)NC(=O)[C@H](CCC(=O)O)NC(=O)[C@@H](NC(=O)[C@@H](N)C(C)C)[C@@H](C)O)C(=O)N[C@@H](CO)C(N)=O. The molecular formula is C38H65N11O16. The Balaban J connectivity index is 6.02. The van der Waals surface area contributed by atoms with Crippen LogP contribution in [0.2, 0.25) is 0 Å². The van der Waals surface area contributed by atoms with Crippen LogP contribution in [0.25, 0.3) is 0 Å². The van der Waals surface area contributed by atoms with Crippen LogP contribution in [0.15, 0.2) is 0 Å². The van der Waals surface area contributed by atoms with Crippen molar-refractivity contribution in [1.82, 2.24) is 42.5 Å². The maximum atomic E-state index is 13.4. The predicted molar refractivity (Wildman–Crippen MR) is 225 cm³/mol. The molecule has 0 fully saturated rings. The molecule has 27 nitrogen and oxygen atoms in total. The van der Waals surface area contributed by atoms with Crippen molar-refractivity contribution < 1.29 is 78.0 Å². The molecule has 0 radical (unpaired) electrons. The Kier molecular flexibility index (Phi) is 26.2. The van der Waals surface area contributed by atoms with Crippen molar-refractivity contribution in [2.24, 2.45) is 29.0 Å². The highest BCUT2D eigenvalue weighted by atomic mass is 16.4. The Labute approximate surface area is 374 Å². The van der Waals surface area contributed by atoms with Gasteiger partial charge in [-0.1, -0.05) is 27.7 Å². The van der Waals surface area contributed by atoms with Crippen LogP contribution in [0.1, 0.15) is 86.5 Å². The fourth-order valence-electron chi connectivity index (χ4n) is 5.52. The zero-order chi connectivity index (χ0) is 50.3. The number of primary amides is 2. The number of carbonyl (C=O) groups is 12. The van der Waals surface area contributed by atoms with Gasteiger partial charge >= 0.3 is 11.9 Å². The summed E-state index contributed by atoms with van der Waals surface area (Å²) >= 11 is 0. The second-order valence-corrected chi connectivity index (χ2v) is 15.9. The van der Waals surface area contributed by atoms with Crippen LogP contribution in [-0.4, -0.2) is 159 Å². The number of carbonyl (C=O) groups excluding carboxylic acids is 10. The number of hydrogen-bond acceptors (Lipinski definition) is 15. The average Bonchev–Trinajstić information content (AvgIpc) is 3.20. The van der Waals surface area contributed by atoms with Crippen LogP contribution in [0.3, 0.4) is 0 Å². The van der Waals surface area contributed by atoms with Crippen LogP contribution >= 0.6 is 0 Å². The molecule has 0 unspecified atom stereocenters. The van der Waals surface area contributed by atoms with E-state index in [2.05, 4.69) is 42.5 Å². The Morgan fingerprint density at radius 2 is 0.954 bits per heavy atom. The smallest absolute Gasteiger partial charge is 0.303 e. The molecule has 0 heterocycles. The molecule has 0 spiro atoms. The van der Waals surface area contributed by atoms with Gasteiger partial charge in [-0.25, -0.2) is 0 Å². The van der Waals surface area contributed by atoms with Crippen LogP contribution in [-0.2, 0) is 57.5 Å². The van der Waals surface area contributed by atoms with E-state index in [0.717, 1.165) is 6.92 Å². The van der Waals surface area contributed by atoms with Gasteiger partial charge in [0.1, 0.15) is 42.3 Å². The average molecular weight is 932 g/mol. The summed E-state index contributed by atoms with van der Waals surface area (Å²) in [4.78, 5) is 151. The van der Waals surface area contributed by atoms with E-state index in [1.807, 2.05) is 0 Å². The number of rotatable bonds is 31. The Morgan fingerprint density at radius 3 is 1.38 bits per heavy atom. The number of aliphatic carboxylic acids is 2. The summed E-state index contributed by atoms with van der Waals surface area (Å²) in [6.07, 6.45) is -4.83. The van der Waals surface area contributed by atoms with Crippen molar-refractivity contribution in [2.45, 2.75) is 141 Å². The molecule has 0 aromatic carbocycles. The first-order chi connectivity index (χ1) is 30.1. The van der Waals surface area contributed by atoms with Crippen LogP contribution in [0.4, 0.5) is 0 Å². The molecule has 0 aliphatic heterocycles. The number of hydrogen-bond donors (Lipinski definition) is 15. The highest BCUT2D eigenvalue weighted by Gasteiger charge is 2.34. The molecule has 9 atom stereocenters. The molecule has 0 aromatic rings. The maximum Gasteiger partial charge on any atom is 0.303 e. The van der Waals surface area contributed by atoms with E-state index in [0.29, 0.717) is 0 Å². The molecule has 0 aliphatic rings. The van der Waals surface area contributed by atoms with E-state index in [1.54, 1.807) is 27.7 Å². The lowest BCUT2D eigenvalue weighted by Gasteiger charge is -2.27. The first kappa shape index (κ1) is 58.5. The van der Waals surface area contributed by atoms with Crippen LogP contribution in [0, 0.1) is 11.8 Å². The van der Waals surface area contributed by atoms with Gasteiger partial charge in [-0.2, -0.15) is 0 Å². The largest absolute Gasteiger partial charge is 0.481 e. The van der Waals surface area contributed by atoms with Crippen molar-refractivity contribution >= 4 is 71.0 Å². The van der Waals surface area contributed by atoms with E-state index in [1.165, 1.54) is 6.92 Å². The number of amides is 10. The number of aliphatic hydroxyl groups is 2. The lowest BCUT2D eigenvalue weighted by atomic mass is 10.0. The highest BCUT2D eigenvalue weighted by molar-refractivity contribution is 5.98. The number of nitrogens with one attached hydrogen (secondary N) is 8. The van der Waals surface area contributed by atoms with Gasteiger partial charge < -0.3 is 80.2 Å². The minimum atomic E-state index is -1.69. The van der Waals surface area contributed by atoms with Crippen molar-refractivity contribution in [3.05, 3.63) is 0 Å². The van der Waals surface area contributed by atoms with Gasteiger partial charge in [0, 0.05) is 19.3 Å². The van der Waals surface area contributed by atoms with Crippen LogP contribution in [0.5, 0.6) is 0 Å². The first-order valence-corrected chi connectivity index (χ1v) is 20.6. The van der Waals surface area contributed by atoms with Gasteiger partial charge in [0.25, 0.3) is 0 Å². The number of carboxylic acid groups (broad SMARTS) is 2. The molecule has 0 rings (SSSR count). The van der Waals surface area contributed by atoms with Crippen molar-refractivity contribution in [1.29, 1.82) is 0 Å². The normalized spacial score (nSPS) is 15.2. The molecule has 0 bridgehead atoms. The molecule has 0 saturated carbocycles. The summed E-state index contributed by atoms with van der Waals surface area (Å²) in [5.41, 5.74) is 16.2. The zero-order valence-corrected chi connectivity index (χ0v) is 37.1. The molecule has 0 aliphatic carbocycles. The molecule has 10 amide bonds. The van der Waals surface area contributed by atoms with Crippen molar-refractivity contribution in [3.63, 3.8) is 0 Å². The predicted octanol–water partition coefficient (Wildman–Crippen LogP) is -6.60. The zero-order valence-electron chi connectivity index (χ0n) is 37.1. The lowest BCUT2D eigenvalue weighted by molar-refractivity contribution is -0.139. The monoisotopic (exact) mass is 931 g/mol. The molecule has 368 valence electrons. The quantitative estimate of drug-likeness (QED) is 0.0307. The van der Waals surface area contributed by atoms with Gasteiger partial charge in [0.15, 0.2) is 0 Å². The first-order valence-electron chi connectivity index (χ1n) is 20.6. The summed E-state index contributed by atoms with van der Waals surface area (Å²) < 4.78 is 0. The van der Waals surface area contributed by atoms with Gasteiger partial charge in [0.05, 0.1) is 25.3 Å². The third-order valence-electron chi connectivity index (χ3n) is 9.33. The second-order valence-electron chi connectivity index (χ2n) is 15.9. The molecule has 18 N–H and O–H groups in total. The van der Waals surface area contributed by atoms with Crippen LogP contribution < -0.4 is 59.7 Å². The number of carboxylic acids is 2. The molecular weight excluding hydrogens is 866 g/mol. The maximum absolute atomic E-state index is 13.4. The summed E-state index contributed by atoms with van der Waals surface area (Å²) in [5.74, 6) is -13.4. The highest BCUT2D eigenvalue weighted by Crippen LogP contribution is 2.09. The summed E-state index contributed by atoms with van der Waals surface area (Å²) in [6, 6.07) is -11.9. The Bertz CT molecular complexity index is 1730. The minimum absolute atomic E-state index is 0.00108. The Hall–Kier alpha value is -6.48. The third-order valence-corrected chi connectivity index (χ3v) is 9.33. The fourth-order valence-corrected chi connectivity index (χ4v) is 5.52. The van der Waals surface area contributed by atoms with Gasteiger partial charge in [-0.15, -0.1) is 0 Å². The van der Waals surface area contributed by atoms with Gasteiger partial charge in [0.2, 0.25) is 59.1 Å². The summed E-state index contributed by atoms with van der Waals surface area (Å²) in [5, 5.41) is 56.2. The lowest BCUT2D eigenvalue weighted by Crippen LogP contribution is -2.60. The van der Waals surface area contributed by atoms with E-state index in [-0.39, 0.29) is 18.3 Å². The van der Waals surface area contributed by atoms with Gasteiger partial charge in [-0.05, 0) is 51.4 Å². The molecule has 27 heteroatoms. The van der Waals surface area contributed by atoms with Crippen molar-refractivity contribution in [2.75, 3.05) is 13.2 Å². The standard InChI is InChI=1S/C38H65N11O16/c1-16(2)13-23(36(63)48-24(15-50)31(41)58)47-35(62)21(8-11-27(54)55)44-32(59)18(5)43-26(53)14-42-33(60)20(7-10-25(39)52)45-34(61)22(9-12-28(56)57)46-38(65)30(19(6)51)49-37(64)29(40)17(3)4/h16-24,29-30,50-51H,7-15,40H2,1-6H3,(H2,39,52)(H2,41,58)(H,42,60)(H,43,53)(H,44,59)(H,45,61)(H,46,65)(H,47,62)(H,48,63)(H,49,64)(H,54,55)(H,56,57)/t18-,19+,20-,21-,22-,23-,24-,29-,30-/m0/s1. The minimum Gasteiger partial charge on any atom is -0.481 e. The second kappa shape index (κ2) is 29.1. The third kappa shape index (κ3) is 23.1. The number of aliphatic hydroxyl groups excluding tert-OH is 2. The fraction of sp³-hybridized carbons (Fsp3) is 0.684. The number of nitrogens with two attached hydrogens (primary N) is 3. The van der Waals surface area contributed by atoms with E-state index < -0.39 is 177 Å². The van der Waals surface area contributed by atoms with Gasteiger partial charge in [-0.3, -0.25) is 57.5 Å². The van der Waals surface area contributed by atoms with E-state index >= 15 is 0 Å². The summed E-state index contributed by atoms with van der Waals surface area (Å²) in [6.45, 7) is 7.28. The van der Waals surface area contributed by atoms with E-state index in [9.17, 15) is 78.0 Å². The summed E-state index contributed by atoms with van der Waals surface area (Å²) in [7, 11) is 0. The van der Waals surface area contributed by atoms with E-state index in [4.69, 9.17) is 17.2 Å². The topological polar surface area (TPSA) is 460 Å².